The lowest BCUT2D eigenvalue weighted by molar-refractivity contribution is -0.139. The van der Waals surface area contributed by atoms with Crippen LogP contribution in [0.1, 0.15) is 12.1 Å². The Morgan fingerprint density at radius 1 is 0.963 bits per heavy atom. The fraction of sp³-hybridized carbons (Fsp3) is 0.350. The van der Waals surface area contributed by atoms with Crippen molar-refractivity contribution >= 4 is 35.2 Å². The molecule has 0 atom stereocenters. The number of aromatic nitrogens is 1. The number of piperazine rings is 1. The first-order chi connectivity index (χ1) is 13.1. The van der Waals surface area contributed by atoms with Crippen LogP contribution < -0.4 is 0 Å². The molecule has 2 aromatic rings. The Bertz CT molecular complexity index is 780. The van der Waals surface area contributed by atoms with Gasteiger partial charge in [-0.2, -0.15) is 0 Å². The number of hydrogen-bond acceptors (Lipinski definition) is 4. The summed E-state index contributed by atoms with van der Waals surface area (Å²) in [5, 5.41) is 0.718. The van der Waals surface area contributed by atoms with E-state index in [0.717, 1.165) is 15.6 Å². The van der Waals surface area contributed by atoms with E-state index in [1.54, 1.807) is 18.0 Å². The van der Waals surface area contributed by atoms with Gasteiger partial charge in [-0.15, -0.1) is 11.8 Å². The van der Waals surface area contributed by atoms with Gasteiger partial charge in [0.25, 0.3) is 0 Å². The average molecular weight is 404 g/mol. The molecule has 1 aliphatic rings. The molecular weight excluding hydrogens is 382 g/mol. The lowest BCUT2D eigenvalue weighted by Crippen LogP contribution is -2.51. The van der Waals surface area contributed by atoms with Crippen LogP contribution in [-0.4, -0.2) is 58.5 Å². The molecule has 0 unspecified atom stereocenters. The molecule has 142 valence electrons. The highest BCUT2D eigenvalue weighted by Gasteiger charge is 2.24. The summed E-state index contributed by atoms with van der Waals surface area (Å²) in [5.41, 5.74) is 0.776. The Kier molecular flexibility index (Phi) is 7.12. The van der Waals surface area contributed by atoms with Crippen LogP contribution in [0.4, 0.5) is 0 Å². The number of thioether (sulfide) groups is 1. The molecule has 1 saturated heterocycles. The molecule has 1 aliphatic heterocycles. The Balaban J connectivity index is 1.40. The Morgan fingerprint density at radius 2 is 1.63 bits per heavy atom. The van der Waals surface area contributed by atoms with Gasteiger partial charge in [-0.3, -0.25) is 14.6 Å². The zero-order valence-corrected chi connectivity index (χ0v) is 16.6. The number of carbonyl (C=O) groups is 2. The minimum Gasteiger partial charge on any atom is -0.339 e. The number of halogens is 1. The maximum atomic E-state index is 12.4. The minimum absolute atomic E-state index is 0.0649. The third kappa shape index (κ3) is 5.71. The van der Waals surface area contributed by atoms with Gasteiger partial charge in [-0.05, 0) is 24.3 Å². The number of pyridine rings is 1. The standard InChI is InChI=1S/C20H22ClN3O2S/c21-17-6-1-2-7-18(17)27-14-8-19(25)23-10-12-24(13-11-23)20(26)15-16-5-3-4-9-22-16/h1-7,9H,8,10-15H2. The second-order valence-corrected chi connectivity index (χ2v) is 7.83. The topological polar surface area (TPSA) is 53.5 Å². The predicted molar refractivity (Wildman–Crippen MR) is 108 cm³/mol. The summed E-state index contributed by atoms with van der Waals surface area (Å²) in [6, 6.07) is 13.2. The molecule has 27 heavy (non-hydrogen) atoms. The molecule has 1 aromatic heterocycles. The number of carbonyl (C=O) groups excluding carboxylic acids is 2. The average Bonchev–Trinajstić information content (AvgIpc) is 2.70. The van der Waals surface area contributed by atoms with Crippen molar-refractivity contribution in [3.05, 3.63) is 59.4 Å². The van der Waals surface area contributed by atoms with Gasteiger partial charge < -0.3 is 9.80 Å². The van der Waals surface area contributed by atoms with Crippen molar-refractivity contribution in [2.24, 2.45) is 0 Å². The third-order valence-electron chi connectivity index (χ3n) is 4.45. The second kappa shape index (κ2) is 9.76. The highest BCUT2D eigenvalue weighted by Crippen LogP contribution is 2.27. The molecule has 0 aliphatic carbocycles. The Hall–Kier alpha value is -2.05. The molecule has 0 radical (unpaired) electrons. The number of benzene rings is 1. The predicted octanol–water partition coefficient (Wildman–Crippen LogP) is 3.13. The van der Waals surface area contributed by atoms with Crippen LogP contribution in [0.3, 0.4) is 0 Å². The summed E-state index contributed by atoms with van der Waals surface area (Å²) in [6.45, 7) is 2.33. The number of rotatable bonds is 6. The number of amides is 2. The maximum absolute atomic E-state index is 12.4. The van der Waals surface area contributed by atoms with E-state index < -0.39 is 0 Å². The first kappa shape index (κ1) is 19.7. The van der Waals surface area contributed by atoms with E-state index in [1.165, 1.54) is 0 Å². The van der Waals surface area contributed by atoms with Gasteiger partial charge in [0.05, 0.1) is 11.4 Å². The maximum Gasteiger partial charge on any atom is 0.228 e. The van der Waals surface area contributed by atoms with Crippen molar-refractivity contribution in [3.8, 4) is 0 Å². The molecule has 0 N–H and O–H groups in total. The third-order valence-corrected chi connectivity index (χ3v) is 5.97. The van der Waals surface area contributed by atoms with Crippen LogP contribution in [0, 0.1) is 0 Å². The quantitative estimate of drug-likeness (QED) is 0.695. The summed E-state index contributed by atoms with van der Waals surface area (Å²) in [4.78, 5) is 33.6. The van der Waals surface area contributed by atoms with E-state index in [1.807, 2.05) is 52.3 Å². The summed E-state index contributed by atoms with van der Waals surface area (Å²) in [5.74, 6) is 0.892. The normalized spacial score (nSPS) is 14.3. The van der Waals surface area contributed by atoms with E-state index in [0.29, 0.717) is 44.8 Å². The fourth-order valence-electron chi connectivity index (χ4n) is 2.94. The van der Waals surface area contributed by atoms with Crippen molar-refractivity contribution in [3.63, 3.8) is 0 Å². The molecule has 1 fully saturated rings. The minimum atomic E-state index is 0.0649. The largest absolute Gasteiger partial charge is 0.339 e. The van der Waals surface area contributed by atoms with Crippen molar-refractivity contribution in [1.29, 1.82) is 0 Å². The summed E-state index contributed by atoms with van der Waals surface area (Å²) < 4.78 is 0. The van der Waals surface area contributed by atoms with Crippen LogP contribution in [0.25, 0.3) is 0 Å². The Morgan fingerprint density at radius 3 is 2.30 bits per heavy atom. The van der Waals surface area contributed by atoms with E-state index in [4.69, 9.17) is 11.6 Å². The van der Waals surface area contributed by atoms with Crippen LogP contribution in [0.15, 0.2) is 53.6 Å². The van der Waals surface area contributed by atoms with Crippen molar-refractivity contribution in [2.45, 2.75) is 17.7 Å². The van der Waals surface area contributed by atoms with Crippen LogP contribution >= 0.6 is 23.4 Å². The lowest BCUT2D eigenvalue weighted by Gasteiger charge is -2.34. The molecule has 2 heterocycles. The van der Waals surface area contributed by atoms with Gasteiger partial charge in [0, 0.05) is 55.1 Å². The van der Waals surface area contributed by atoms with Crippen LogP contribution in [0.2, 0.25) is 5.02 Å². The summed E-state index contributed by atoms with van der Waals surface area (Å²) in [6.07, 6.45) is 2.47. The molecule has 1 aromatic carbocycles. The smallest absolute Gasteiger partial charge is 0.228 e. The SMILES string of the molecule is O=C(CCSc1ccccc1Cl)N1CCN(C(=O)Cc2ccccn2)CC1. The van der Waals surface area contributed by atoms with Crippen molar-refractivity contribution in [1.82, 2.24) is 14.8 Å². The first-order valence-corrected chi connectivity index (χ1v) is 10.3. The monoisotopic (exact) mass is 403 g/mol. The molecule has 3 rings (SSSR count). The van der Waals surface area contributed by atoms with Gasteiger partial charge in [-0.25, -0.2) is 0 Å². The molecule has 7 heteroatoms. The van der Waals surface area contributed by atoms with E-state index in [-0.39, 0.29) is 11.8 Å². The van der Waals surface area contributed by atoms with Crippen molar-refractivity contribution in [2.75, 3.05) is 31.9 Å². The van der Waals surface area contributed by atoms with E-state index in [9.17, 15) is 9.59 Å². The summed E-state index contributed by atoms with van der Waals surface area (Å²) in [7, 11) is 0. The van der Waals surface area contributed by atoms with E-state index in [2.05, 4.69) is 4.98 Å². The number of hydrogen-bond donors (Lipinski definition) is 0. The van der Waals surface area contributed by atoms with Crippen LogP contribution in [-0.2, 0) is 16.0 Å². The van der Waals surface area contributed by atoms with Gasteiger partial charge in [-0.1, -0.05) is 29.8 Å². The molecule has 2 amide bonds. The molecule has 0 saturated carbocycles. The van der Waals surface area contributed by atoms with Crippen LogP contribution in [0.5, 0.6) is 0 Å². The lowest BCUT2D eigenvalue weighted by atomic mass is 10.2. The summed E-state index contributed by atoms with van der Waals surface area (Å²) >= 11 is 7.73. The molecule has 0 spiro atoms. The molecular formula is C20H22ClN3O2S. The fourth-order valence-corrected chi connectivity index (χ4v) is 4.12. The van der Waals surface area contributed by atoms with Crippen molar-refractivity contribution < 1.29 is 9.59 Å². The zero-order valence-electron chi connectivity index (χ0n) is 15.0. The van der Waals surface area contributed by atoms with Gasteiger partial charge in [0.1, 0.15) is 0 Å². The molecule has 0 bridgehead atoms. The second-order valence-electron chi connectivity index (χ2n) is 6.29. The highest BCUT2D eigenvalue weighted by molar-refractivity contribution is 7.99. The Labute approximate surface area is 168 Å². The van der Waals surface area contributed by atoms with Gasteiger partial charge >= 0.3 is 0 Å². The number of nitrogens with zero attached hydrogens (tertiary/aromatic N) is 3. The highest BCUT2D eigenvalue weighted by atomic mass is 35.5. The molecule has 5 nitrogen and oxygen atoms in total. The van der Waals surface area contributed by atoms with E-state index >= 15 is 0 Å². The van der Waals surface area contributed by atoms with Gasteiger partial charge in [0.15, 0.2) is 0 Å². The zero-order chi connectivity index (χ0) is 19.1. The first-order valence-electron chi connectivity index (χ1n) is 8.96. The van der Waals surface area contributed by atoms with Gasteiger partial charge in [0.2, 0.25) is 11.8 Å².